The number of pyridine rings is 1. The zero-order valence-corrected chi connectivity index (χ0v) is 14.0. The fourth-order valence-corrected chi connectivity index (χ4v) is 2.37. The summed E-state index contributed by atoms with van der Waals surface area (Å²) in [6.07, 6.45) is 1.64. The molecular formula is C19H12ClN4O+. The Morgan fingerprint density at radius 2 is 1.64 bits per heavy atom. The lowest BCUT2D eigenvalue weighted by Gasteiger charge is -2.07. The molecule has 0 spiro atoms. The summed E-state index contributed by atoms with van der Waals surface area (Å²) < 4.78 is 1.55. The smallest absolute Gasteiger partial charge is 0.273 e. The van der Waals surface area contributed by atoms with Gasteiger partial charge < -0.3 is 5.11 Å². The molecule has 0 aliphatic carbocycles. The van der Waals surface area contributed by atoms with E-state index in [4.69, 9.17) is 22.1 Å². The first-order chi connectivity index (χ1) is 12.0. The quantitative estimate of drug-likeness (QED) is 0.396. The molecule has 0 amide bonds. The van der Waals surface area contributed by atoms with Crippen molar-refractivity contribution in [1.82, 2.24) is 0 Å². The third-order valence-electron chi connectivity index (χ3n) is 3.47. The number of aliphatic hydroxyl groups excluding tert-OH is 1. The Kier molecular flexibility index (Phi) is 5.54. The minimum Gasteiger partial charge on any atom is -0.502 e. The second kappa shape index (κ2) is 7.79. The van der Waals surface area contributed by atoms with E-state index in [9.17, 15) is 10.4 Å². The van der Waals surface area contributed by atoms with Gasteiger partial charge in [0.1, 0.15) is 18.2 Å². The van der Waals surface area contributed by atoms with Crippen LogP contribution in [0.5, 0.6) is 0 Å². The molecule has 0 saturated heterocycles. The molecule has 1 heterocycles. The Morgan fingerprint density at radius 1 is 1.00 bits per heavy atom. The number of halogens is 1. The van der Waals surface area contributed by atoms with Gasteiger partial charge in [-0.15, -0.1) is 0 Å². The lowest BCUT2D eigenvalue weighted by atomic mass is 10.0. The lowest BCUT2D eigenvalue weighted by Crippen LogP contribution is -2.37. The first-order valence-corrected chi connectivity index (χ1v) is 7.53. The molecule has 5 nitrogen and oxygen atoms in total. The second-order valence-corrected chi connectivity index (χ2v) is 5.44. The zero-order chi connectivity index (χ0) is 18.4. The van der Waals surface area contributed by atoms with E-state index in [0.717, 1.165) is 0 Å². The highest BCUT2D eigenvalue weighted by molar-refractivity contribution is 6.30. The largest absolute Gasteiger partial charge is 0.502 e. The Hall–Kier alpha value is -3.59. The minimum absolute atomic E-state index is 0.0565. The van der Waals surface area contributed by atoms with Crippen LogP contribution in [0, 0.1) is 40.9 Å². The molecular weight excluding hydrogens is 336 g/mol. The van der Waals surface area contributed by atoms with E-state index in [2.05, 4.69) is 0 Å². The maximum absolute atomic E-state index is 10.8. The lowest BCUT2D eigenvalue weighted by molar-refractivity contribution is -0.586. The van der Waals surface area contributed by atoms with E-state index < -0.39 is 0 Å². The van der Waals surface area contributed by atoms with Crippen molar-refractivity contribution in [3.8, 4) is 18.2 Å². The van der Waals surface area contributed by atoms with E-state index in [1.807, 2.05) is 6.07 Å². The van der Waals surface area contributed by atoms with Gasteiger partial charge in [-0.25, -0.2) is 0 Å². The maximum atomic E-state index is 10.8. The van der Waals surface area contributed by atoms with Crippen LogP contribution in [-0.4, -0.2) is 5.11 Å². The highest BCUT2D eigenvalue weighted by Gasteiger charge is 2.28. The summed E-state index contributed by atoms with van der Waals surface area (Å²) in [6.45, 7) is 1.78. The predicted octanol–water partition coefficient (Wildman–Crippen LogP) is 3.69. The number of rotatable bonds is 3. The zero-order valence-electron chi connectivity index (χ0n) is 13.2. The molecule has 0 unspecified atom stereocenters. The number of benzene rings is 1. The van der Waals surface area contributed by atoms with Crippen LogP contribution in [0.15, 0.2) is 59.8 Å². The van der Waals surface area contributed by atoms with Crippen molar-refractivity contribution in [3.05, 3.63) is 76.1 Å². The average molecular weight is 348 g/mol. The van der Waals surface area contributed by atoms with Crippen molar-refractivity contribution in [1.29, 1.82) is 15.8 Å². The van der Waals surface area contributed by atoms with Gasteiger partial charge >= 0.3 is 0 Å². The molecule has 0 radical (unpaired) electrons. The molecule has 1 aromatic heterocycles. The van der Waals surface area contributed by atoms with Crippen LogP contribution >= 0.6 is 11.6 Å². The fraction of sp³-hybridized carbons (Fsp3) is 0.0526. The van der Waals surface area contributed by atoms with Crippen LogP contribution < -0.4 is 4.57 Å². The molecule has 2 rings (SSSR count). The molecule has 120 valence electrons. The van der Waals surface area contributed by atoms with Crippen LogP contribution in [0.2, 0.25) is 5.02 Å². The number of aromatic nitrogens is 1. The number of nitriles is 3. The van der Waals surface area contributed by atoms with Crippen LogP contribution in [-0.2, 0) is 0 Å². The van der Waals surface area contributed by atoms with Gasteiger partial charge in [0, 0.05) is 29.6 Å². The van der Waals surface area contributed by atoms with Gasteiger partial charge in [-0.3, -0.25) is 0 Å². The molecule has 0 fully saturated rings. The molecule has 25 heavy (non-hydrogen) atoms. The maximum Gasteiger partial charge on any atom is 0.273 e. The third-order valence-corrected chi connectivity index (χ3v) is 3.72. The van der Waals surface area contributed by atoms with Gasteiger partial charge in [-0.05, 0) is 24.3 Å². The molecule has 0 atom stereocenters. The van der Waals surface area contributed by atoms with Crippen molar-refractivity contribution in [2.75, 3.05) is 0 Å². The first-order valence-electron chi connectivity index (χ1n) is 7.15. The summed E-state index contributed by atoms with van der Waals surface area (Å²) in [5, 5.41) is 39.2. The van der Waals surface area contributed by atoms with Gasteiger partial charge in [0.2, 0.25) is 0 Å². The summed E-state index contributed by atoms with van der Waals surface area (Å²) in [7, 11) is 0. The number of nitrogens with zero attached hydrogens (tertiary/aromatic N) is 4. The van der Waals surface area contributed by atoms with Gasteiger partial charge in [-0.2, -0.15) is 20.4 Å². The number of aryl methyl sites for hydroxylation is 1. The van der Waals surface area contributed by atoms with Crippen molar-refractivity contribution in [2.45, 2.75) is 6.92 Å². The van der Waals surface area contributed by atoms with E-state index in [-0.39, 0.29) is 22.6 Å². The highest BCUT2D eigenvalue weighted by Crippen LogP contribution is 2.25. The monoisotopic (exact) mass is 347 g/mol. The molecule has 0 saturated carbocycles. The standard InChI is InChI=1S/C19H11ClN4O/c1-13-4-2-3-9-24(13)18(17(12-23)15(10-21)11-22)19(25)14-5-7-16(20)8-6-14/h2-9H,1H3/p+1. The number of aliphatic hydroxyl groups is 1. The SMILES string of the molecule is Cc1cccc[n+]1C(C(C#N)=C(C#N)C#N)=C(O)c1ccc(Cl)cc1. The van der Waals surface area contributed by atoms with Crippen LogP contribution in [0.1, 0.15) is 11.3 Å². The average Bonchev–Trinajstić information content (AvgIpc) is 2.63. The Bertz CT molecular complexity index is 983. The Morgan fingerprint density at radius 3 is 2.16 bits per heavy atom. The number of hydrogen-bond acceptors (Lipinski definition) is 4. The normalized spacial score (nSPS) is 10.7. The van der Waals surface area contributed by atoms with Crippen LogP contribution in [0.25, 0.3) is 11.5 Å². The van der Waals surface area contributed by atoms with Crippen molar-refractivity contribution in [2.24, 2.45) is 0 Å². The van der Waals surface area contributed by atoms with E-state index in [1.165, 1.54) is 0 Å². The van der Waals surface area contributed by atoms with E-state index in [0.29, 0.717) is 16.3 Å². The molecule has 0 aliphatic heterocycles. The minimum atomic E-state index is -0.381. The second-order valence-electron chi connectivity index (χ2n) is 5.00. The van der Waals surface area contributed by atoms with E-state index in [1.54, 1.807) is 72.3 Å². The molecule has 2 aromatic rings. The number of allylic oxidation sites excluding steroid dienone is 3. The fourth-order valence-electron chi connectivity index (χ4n) is 2.24. The number of hydrogen-bond donors (Lipinski definition) is 1. The van der Waals surface area contributed by atoms with Crippen LogP contribution in [0.4, 0.5) is 0 Å². The molecule has 0 aliphatic rings. The Labute approximate surface area is 150 Å². The Balaban J connectivity index is 2.90. The van der Waals surface area contributed by atoms with Gasteiger partial charge in [-0.1, -0.05) is 17.7 Å². The summed E-state index contributed by atoms with van der Waals surface area (Å²) in [4.78, 5) is 0. The molecule has 0 bridgehead atoms. The third kappa shape index (κ3) is 3.67. The van der Waals surface area contributed by atoms with Crippen LogP contribution in [0.3, 0.4) is 0 Å². The highest BCUT2D eigenvalue weighted by atomic mass is 35.5. The predicted molar refractivity (Wildman–Crippen MR) is 92.4 cm³/mol. The van der Waals surface area contributed by atoms with Crippen molar-refractivity contribution >= 4 is 23.1 Å². The van der Waals surface area contributed by atoms with Gasteiger partial charge in [0.15, 0.2) is 28.8 Å². The van der Waals surface area contributed by atoms with E-state index >= 15 is 0 Å². The summed E-state index contributed by atoms with van der Waals surface area (Å²) >= 11 is 5.87. The topological polar surface area (TPSA) is 95.5 Å². The summed E-state index contributed by atoms with van der Waals surface area (Å²) in [5.74, 6) is -0.240. The molecule has 6 heteroatoms. The first kappa shape index (κ1) is 17.8. The van der Waals surface area contributed by atoms with Crippen molar-refractivity contribution in [3.63, 3.8) is 0 Å². The van der Waals surface area contributed by atoms with Gasteiger partial charge in [0.05, 0.1) is 0 Å². The molecule has 1 aromatic carbocycles. The van der Waals surface area contributed by atoms with Crippen molar-refractivity contribution < 1.29 is 9.67 Å². The molecule has 1 N–H and O–H groups in total. The summed E-state index contributed by atoms with van der Waals surface area (Å²) in [5.41, 5.74) is 0.575. The summed E-state index contributed by atoms with van der Waals surface area (Å²) in [6, 6.07) is 16.9. The van der Waals surface area contributed by atoms with Gasteiger partial charge in [0.25, 0.3) is 5.70 Å².